The van der Waals surface area contributed by atoms with Crippen LogP contribution in [-0.4, -0.2) is 51.8 Å². The van der Waals surface area contributed by atoms with E-state index in [1.807, 2.05) is 19.1 Å². The highest BCUT2D eigenvalue weighted by Gasteiger charge is 2.40. The van der Waals surface area contributed by atoms with Gasteiger partial charge in [-0.2, -0.15) is 0 Å². The third kappa shape index (κ3) is 3.52. The lowest BCUT2D eigenvalue weighted by Gasteiger charge is -2.25. The van der Waals surface area contributed by atoms with Crippen molar-refractivity contribution in [2.45, 2.75) is 38.5 Å². The van der Waals surface area contributed by atoms with Crippen molar-refractivity contribution in [3.05, 3.63) is 29.8 Å². The summed E-state index contributed by atoms with van der Waals surface area (Å²) in [6.45, 7) is 3.55. The lowest BCUT2D eigenvalue weighted by atomic mass is 10.2. The largest absolute Gasteiger partial charge is 0.481 e. The number of amides is 1. The first kappa shape index (κ1) is 15.3. The molecule has 1 aliphatic heterocycles. The van der Waals surface area contributed by atoms with Crippen molar-refractivity contribution >= 4 is 11.9 Å². The number of aliphatic hydroxyl groups excluding tert-OH is 1. The van der Waals surface area contributed by atoms with Crippen LogP contribution in [0, 0.1) is 6.92 Å². The van der Waals surface area contributed by atoms with Crippen molar-refractivity contribution in [1.82, 2.24) is 4.90 Å². The maximum atomic E-state index is 12.3. The number of hydrogen-bond donors (Lipinski definition) is 2. The molecule has 0 spiro atoms. The van der Waals surface area contributed by atoms with Crippen molar-refractivity contribution in [1.29, 1.82) is 0 Å². The van der Waals surface area contributed by atoms with Crippen LogP contribution in [0.3, 0.4) is 0 Å². The third-order valence-corrected chi connectivity index (χ3v) is 3.53. The van der Waals surface area contributed by atoms with E-state index in [0.717, 1.165) is 5.56 Å². The quantitative estimate of drug-likeness (QED) is 0.858. The molecular weight excluding hydrogens is 274 g/mol. The number of likely N-dealkylation sites (tertiary alicyclic amines) is 1. The molecule has 0 bridgehead atoms. The predicted molar refractivity (Wildman–Crippen MR) is 75.0 cm³/mol. The van der Waals surface area contributed by atoms with E-state index in [1.54, 1.807) is 19.1 Å². The van der Waals surface area contributed by atoms with E-state index >= 15 is 0 Å². The van der Waals surface area contributed by atoms with Gasteiger partial charge in [-0.05, 0) is 26.0 Å². The summed E-state index contributed by atoms with van der Waals surface area (Å²) < 4.78 is 5.54. The highest BCUT2D eigenvalue weighted by molar-refractivity contribution is 5.87. The fraction of sp³-hybridized carbons (Fsp3) is 0.467. The highest BCUT2D eigenvalue weighted by atomic mass is 16.5. The molecule has 1 saturated heterocycles. The summed E-state index contributed by atoms with van der Waals surface area (Å²) in [6, 6.07) is 6.26. The van der Waals surface area contributed by atoms with Gasteiger partial charge in [-0.25, -0.2) is 4.79 Å². The van der Waals surface area contributed by atoms with Crippen LogP contribution in [-0.2, 0) is 9.59 Å². The second kappa shape index (κ2) is 6.13. The molecule has 1 aromatic rings. The standard InChI is InChI=1S/C15H19NO5/c1-9-3-5-12(6-4-9)21-10(2)14(18)16-8-11(17)7-13(16)15(19)20/h3-6,10-11,13,17H,7-8H2,1-2H3,(H,19,20)/t10?,11?,13-/m0/s1. The number of aryl methyl sites for hydroxylation is 1. The van der Waals surface area contributed by atoms with Gasteiger partial charge in [0.15, 0.2) is 6.10 Å². The number of carbonyl (C=O) groups is 2. The van der Waals surface area contributed by atoms with Crippen molar-refractivity contribution in [2.24, 2.45) is 0 Å². The van der Waals surface area contributed by atoms with Gasteiger partial charge in [0.05, 0.1) is 6.10 Å². The highest BCUT2D eigenvalue weighted by Crippen LogP contribution is 2.21. The van der Waals surface area contributed by atoms with E-state index in [1.165, 1.54) is 4.90 Å². The molecule has 2 N–H and O–H groups in total. The first-order valence-electron chi connectivity index (χ1n) is 6.83. The van der Waals surface area contributed by atoms with Crippen molar-refractivity contribution in [2.75, 3.05) is 6.54 Å². The summed E-state index contributed by atoms with van der Waals surface area (Å²) in [7, 11) is 0. The molecule has 3 atom stereocenters. The molecule has 1 fully saturated rings. The molecule has 6 heteroatoms. The van der Waals surface area contributed by atoms with Crippen LogP contribution in [0.1, 0.15) is 18.9 Å². The maximum absolute atomic E-state index is 12.3. The normalized spacial score (nSPS) is 22.9. The number of carboxylic acid groups (broad SMARTS) is 1. The van der Waals surface area contributed by atoms with Crippen LogP contribution in [0.5, 0.6) is 5.75 Å². The first-order valence-corrected chi connectivity index (χ1v) is 6.83. The molecule has 1 aliphatic rings. The number of aliphatic carboxylic acids is 1. The molecule has 0 saturated carbocycles. The summed E-state index contributed by atoms with van der Waals surface area (Å²) in [6.07, 6.45) is -1.56. The Kier molecular flexibility index (Phi) is 4.47. The minimum Gasteiger partial charge on any atom is -0.481 e. The molecule has 0 aliphatic carbocycles. The number of carboxylic acids is 1. The monoisotopic (exact) mass is 293 g/mol. The molecule has 2 unspecified atom stereocenters. The van der Waals surface area contributed by atoms with Gasteiger partial charge >= 0.3 is 5.97 Å². The zero-order valence-electron chi connectivity index (χ0n) is 12.0. The average molecular weight is 293 g/mol. The first-order chi connectivity index (χ1) is 9.88. The minimum atomic E-state index is -1.11. The number of benzene rings is 1. The molecule has 1 heterocycles. The lowest BCUT2D eigenvalue weighted by Crippen LogP contribution is -2.46. The van der Waals surface area contributed by atoms with Crippen LogP contribution in [0.25, 0.3) is 0 Å². The molecule has 21 heavy (non-hydrogen) atoms. The summed E-state index contributed by atoms with van der Waals surface area (Å²) in [5.74, 6) is -0.991. The summed E-state index contributed by atoms with van der Waals surface area (Å²) in [5, 5.41) is 18.7. The number of ether oxygens (including phenoxy) is 1. The van der Waals surface area contributed by atoms with Crippen LogP contribution < -0.4 is 4.74 Å². The molecule has 0 radical (unpaired) electrons. The predicted octanol–water partition coefficient (Wildman–Crippen LogP) is 0.809. The van der Waals surface area contributed by atoms with Crippen molar-refractivity contribution in [3.8, 4) is 5.75 Å². The molecular formula is C15H19NO5. The lowest BCUT2D eigenvalue weighted by molar-refractivity contribution is -0.150. The van der Waals surface area contributed by atoms with Crippen LogP contribution in [0.4, 0.5) is 0 Å². The fourth-order valence-corrected chi connectivity index (χ4v) is 2.40. The number of β-amino-alcohol motifs (C(OH)–C–C–N with tert-alkyl or cyclic N) is 1. The third-order valence-electron chi connectivity index (χ3n) is 3.53. The Balaban J connectivity index is 2.04. The van der Waals surface area contributed by atoms with Gasteiger partial charge in [0, 0.05) is 13.0 Å². The zero-order chi connectivity index (χ0) is 15.6. The van der Waals surface area contributed by atoms with Gasteiger partial charge in [-0.15, -0.1) is 0 Å². The summed E-state index contributed by atoms with van der Waals surface area (Å²) >= 11 is 0. The number of hydrogen-bond acceptors (Lipinski definition) is 4. The van der Waals surface area contributed by atoms with Crippen molar-refractivity contribution in [3.63, 3.8) is 0 Å². The van der Waals surface area contributed by atoms with Gasteiger partial charge in [0.25, 0.3) is 5.91 Å². The Hall–Kier alpha value is -2.08. The van der Waals surface area contributed by atoms with Gasteiger partial charge < -0.3 is 19.8 Å². The van der Waals surface area contributed by atoms with Gasteiger partial charge in [-0.3, -0.25) is 4.79 Å². The minimum absolute atomic E-state index is 0.0252. The van der Waals surface area contributed by atoms with E-state index in [2.05, 4.69) is 0 Å². The maximum Gasteiger partial charge on any atom is 0.326 e. The smallest absolute Gasteiger partial charge is 0.326 e. The SMILES string of the molecule is Cc1ccc(OC(C)C(=O)N2CC(O)C[C@H]2C(=O)O)cc1. The number of nitrogens with zero attached hydrogens (tertiary/aromatic N) is 1. The molecule has 0 aromatic heterocycles. The van der Waals surface area contributed by atoms with Gasteiger partial charge in [0.1, 0.15) is 11.8 Å². The molecule has 114 valence electrons. The van der Waals surface area contributed by atoms with E-state index in [0.29, 0.717) is 5.75 Å². The van der Waals surface area contributed by atoms with Gasteiger partial charge in [-0.1, -0.05) is 17.7 Å². The molecule has 6 nitrogen and oxygen atoms in total. The van der Waals surface area contributed by atoms with Crippen LogP contribution in [0.15, 0.2) is 24.3 Å². The molecule has 2 rings (SSSR count). The fourth-order valence-electron chi connectivity index (χ4n) is 2.40. The topological polar surface area (TPSA) is 87.1 Å². The molecule has 1 aromatic carbocycles. The Morgan fingerprint density at radius 2 is 1.95 bits per heavy atom. The Bertz CT molecular complexity index is 527. The van der Waals surface area contributed by atoms with Gasteiger partial charge in [0.2, 0.25) is 0 Å². The van der Waals surface area contributed by atoms with Crippen molar-refractivity contribution < 1.29 is 24.5 Å². The van der Waals surface area contributed by atoms with Crippen LogP contribution >= 0.6 is 0 Å². The number of carbonyl (C=O) groups excluding carboxylic acids is 1. The second-order valence-electron chi connectivity index (χ2n) is 5.31. The molecule has 1 amide bonds. The Labute approximate surface area is 122 Å². The second-order valence-corrected chi connectivity index (χ2v) is 5.31. The van der Waals surface area contributed by atoms with Crippen LogP contribution in [0.2, 0.25) is 0 Å². The average Bonchev–Trinajstić information content (AvgIpc) is 2.82. The summed E-state index contributed by atoms with van der Waals surface area (Å²) in [5.41, 5.74) is 1.08. The number of rotatable bonds is 4. The number of aliphatic hydroxyl groups is 1. The van der Waals surface area contributed by atoms with E-state index in [9.17, 15) is 14.7 Å². The van der Waals surface area contributed by atoms with E-state index in [-0.39, 0.29) is 13.0 Å². The zero-order valence-corrected chi connectivity index (χ0v) is 12.0. The van der Waals surface area contributed by atoms with E-state index in [4.69, 9.17) is 9.84 Å². The summed E-state index contributed by atoms with van der Waals surface area (Å²) in [4.78, 5) is 24.6. The Morgan fingerprint density at radius 1 is 1.33 bits per heavy atom. The Morgan fingerprint density at radius 3 is 2.52 bits per heavy atom. The van der Waals surface area contributed by atoms with E-state index < -0.39 is 30.1 Å².